The molecule has 0 spiro atoms. The van der Waals surface area contributed by atoms with Gasteiger partial charge in [-0.3, -0.25) is 19.6 Å². The maximum atomic E-state index is 11.6. The molecule has 0 saturated heterocycles. The fourth-order valence-corrected chi connectivity index (χ4v) is 1.63. The van der Waals surface area contributed by atoms with E-state index in [9.17, 15) is 14.9 Å². The fourth-order valence-electron chi connectivity index (χ4n) is 1.63. The highest BCUT2D eigenvalue weighted by atomic mass is 16.6. The van der Waals surface area contributed by atoms with E-state index in [0.29, 0.717) is 13.0 Å². The van der Waals surface area contributed by atoms with Gasteiger partial charge in [0.15, 0.2) is 0 Å². The van der Waals surface area contributed by atoms with Crippen LogP contribution in [0.25, 0.3) is 0 Å². The van der Waals surface area contributed by atoms with Crippen LogP contribution in [0.4, 0.5) is 5.69 Å². The number of carbonyl (C=O) groups is 1. The smallest absolute Gasteiger partial charge is 0.307 e. The van der Waals surface area contributed by atoms with E-state index >= 15 is 0 Å². The van der Waals surface area contributed by atoms with Crippen LogP contribution in [-0.4, -0.2) is 38.9 Å². The normalized spacial score (nSPS) is 12.1. The van der Waals surface area contributed by atoms with Crippen LogP contribution in [0, 0.1) is 16.0 Å². The molecule has 0 bridgehead atoms. The van der Waals surface area contributed by atoms with Crippen molar-refractivity contribution >= 4 is 11.6 Å². The lowest BCUT2D eigenvalue weighted by Gasteiger charge is -2.14. The molecule has 0 aliphatic carbocycles. The number of rotatable bonds is 8. The number of aliphatic hydroxyl groups excluding tert-OH is 1. The number of nitrogens with zero attached hydrogens (tertiary/aromatic N) is 3. The SMILES string of the molecule is CCC(CCO)CNC(=O)Cn1cc([N+](=O)[O-])cn1. The van der Waals surface area contributed by atoms with Crippen LogP contribution in [0.3, 0.4) is 0 Å². The van der Waals surface area contributed by atoms with E-state index in [4.69, 9.17) is 5.11 Å². The first-order valence-electron chi connectivity index (χ1n) is 6.11. The molecular weight excluding hydrogens is 252 g/mol. The largest absolute Gasteiger partial charge is 0.396 e. The molecule has 1 atom stereocenters. The molecular formula is C11H18N4O4. The van der Waals surface area contributed by atoms with Gasteiger partial charge in [-0.15, -0.1) is 0 Å². The monoisotopic (exact) mass is 270 g/mol. The number of aromatic nitrogens is 2. The number of nitro groups is 1. The van der Waals surface area contributed by atoms with Gasteiger partial charge in [0.05, 0.1) is 4.92 Å². The van der Waals surface area contributed by atoms with E-state index in [1.807, 2.05) is 6.92 Å². The summed E-state index contributed by atoms with van der Waals surface area (Å²) in [6.45, 7) is 2.52. The van der Waals surface area contributed by atoms with Crippen molar-refractivity contribution in [3.05, 3.63) is 22.5 Å². The van der Waals surface area contributed by atoms with Gasteiger partial charge in [0.1, 0.15) is 18.9 Å². The minimum absolute atomic E-state index is 0.0522. The summed E-state index contributed by atoms with van der Waals surface area (Å²) in [6.07, 6.45) is 3.83. The van der Waals surface area contributed by atoms with Crippen molar-refractivity contribution in [1.82, 2.24) is 15.1 Å². The summed E-state index contributed by atoms with van der Waals surface area (Å²) in [5, 5.41) is 25.7. The third-order valence-corrected chi connectivity index (χ3v) is 2.84. The molecule has 8 heteroatoms. The molecule has 8 nitrogen and oxygen atoms in total. The van der Waals surface area contributed by atoms with Gasteiger partial charge in [-0.1, -0.05) is 13.3 Å². The Kier molecular flexibility index (Phi) is 5.94. The number of nitrogens with one attached hydrogen (secondary N) is 1. The van der Waals surface area contributed by atoms with Gasteiger partial charge >= 0.3 is 5.69 Å². The predicted octanol–water partition coefficient (Wildman–Crippen LogP) is 0.316. The Morgan fingerprint density at radius 3 is 2.95 bits per heavy atom. The quantitative estimate of drug-likeness (QED) is 0.522. The van der Waals surface area contributed by atoms with E-state index in [1.165, 1.54) is 10.9 Å². The molecule has 2 N–H and O–H groups in total. The van der Waals surface area contributed by atoms with Gasteiger partial charge in [0.2, 0.25) is 5.91 Å². The zero-order chi connectivity index (χ0) is 14.3. The zero-order valence-electron chi connectivity index (χ0n) is 10.8. The number of carbonyl (C=O) groups excluding carboxylic acids is 1. The Bertz CT molecular complexity index is 432. The third kappa shape index (κ3) is 5.04. The van der Waals surface area contributed by atoms with Crippen molar-refractivity contribution in [3.63, 3.8) is 0 Å². The summed E-state index contributed by atoms with van der Waals surface area (Å²) in [7, 11) is 0. The summed E-state index contributed by atoms with van der Waals surface area (Å²) in [5.41, 5.74) is -0.139. The highest BCUT2D eigenvalue weighted by Crippen LogP contribution is 2.08. The van der Waals surface area contributed by atoms with Gasteiger partial charge in [-0.25, -0.2) is 0 Å². The second-order valence-electron chi connectivity index (χ2n) is 4.24. The molecule has 1 rings (SSSR count). The van der Waals surface area contributed by atoms with Gasteiger partial charge in [-0.2, -0.15) is 5.10 Å². The Hall–Kier alpha value is -1.96. The fraction of sp³-hybridized carbons (Fsp3) is 0.636. The number of amides is 1. The maximum absolute atomic E-state index is 11.6. The molecule has 0 saturated carbocycles. The first kappa shape index (κ1) is 15.1. The lowest BCUT2D eigenvalue weighted by Crippen LogP contribution is -2.32. The summed E-state index contributed by atoms with van der Waals surface area (Å²) in [4.78, 5) is 21.5. The molecule has 1 unspecified atom stereocenters. The zero-order valence-corrected chi connectivity index (χ0v) is 10.8. The van der Waals surface area contributed by atoms with E-state index in [-0.39, 0.29) is 30.7 Å². The van der Waals surface area contributed by atoms with Gasteiger partial charge < -0.3 is 10.4 Å². The molecule has 1 aromatic rings. The molecule has 0 aliphatic heterocycles. The van der Waals surface area contributed by atoms with Crippen LogP contribution in [0.5, 0.6) is 0 Å². The Labute approximate surface area is 110 Å². The van der Waals surface area contributed by atoms with Gasteiger partial charge in [0, 0.05) is 13.2 Å². The molecule has 1 aromatic heterocycles. The van der Waals surface area contributed by atoms with Crippen molar-refractivity contribution in [3.8, 4) is 0 Å². The molecule has 0 aliphatic rings. The van der Waals surface area contributed by atoms with Crippen molar-refractivity contribution in [2.45, 2.75) is 26.3 Å². The summed E-state index contributed by atoms with van der Waals surface area (Å²) < 4.78 is 1.22. The summed E-state index contributed by atoms with van der Waals surface area (Å²) in [6, 6.07) is 0. The van der Waals surface area contributed by atoms with Gasteiger partial charge in [0.25, 0.3) is 0 Å². The summed E-state index contributed by atoms with van der Waals surface area (Å²) >= 11 is 0. The number of hydrogen-bond donors (Lipinski definition) is 2. The van der Waals surface area contributed by atoms with Crippen LogP contribution < -0.4 is 5.32 Å². The average molecular weight is 270 g/mol. The minimum Gasteiger partial charge on any atom is -0.396 e. The molecule has 1 heterocycles. The van der Waals surface area contributed by atoms with E-state index < -0.39 is 4.92 Å². The average Bonchev–Trinajstić information content (AvgIpc) is 2.83. The van der Waals surface area contributed by atoms with Crippen molar-refractivity contribution in [1.29, 1.82) is 0 Å². The predicted molar refractivity (Wildman–Crippen MR) is 67.4 cm³/mol. The second-order valence-corrected chi connectivity index (χ2v) is 4.24. The standard InChI is InChI=1S/C11H18N4O4/c1-2-9(3-4-16)5-12-11(17)8-14-7-10(6-13-14)15(18)19/h6-7,9,16H,2-5,8H2,1H3,(H,12,17). The minimum atomic E-state index is -0.560. The second kappa shape index (κ2) is 7.47. The van der Waals surface area contributed by atoms with Crippen LogP contribution >= 0.6 is 0 Å². The lowest BCUT2D eigenvalue weighted by molar-refractivity contribution is -0.385. The van der Waals surface area contributed by atoms with E-state index in [2.05, 4.69) is 10.4 Å². The number of aliphatic hydroxyl groups is 1. The van der Waals surface area contributed by atoms with Crippen LogP contribution in [0.1, 0.15) is 19.8 Å². The highest BCUT2D eigenvalue weighted by Gasteiger charge is 2.12. The van der Waals surface area contributed by atoms with Gasteiger partial charge in [-0.05, 0) is 12.3 Å². The van der Waals surface area contributed by atoms with Crippen molar-refractivity contribution < 1.29 is 14.8 Å². The Morgan fingerprint density at radius 2 is 2.42 bits per heavy atom. The molecule has 106 valence electrons. The maximum Gasteiger partial charge on any atom is 0.307 e. The van der Waals surface area contributed by atoms with Crippen molar-refractivity contribution in [2.24, 2.45) is 5.92 Å². The third-order valence-electron chi connectivity index (χ3n) is 2.84. The first-order chi connectivity index (χ1) is 9.06. The van der Waals surface area contributed by atoms with Crippen LogP contribution in [0.2, 0.25) is 0 Å². The van der Waals surface area contributed by atoms with Crippen LogP contribution in [0.15, 0.2) is 12.4 Å². The molecule has 0 aromatic carbocycles. The first-order valence-corrected chi connectivity index (χ1v) is 6.11. The molecule has 0 radical (unpaired) electrons. The Balaban J connectivity index is 2.39. The van der Waals surface area contributed by atoms with Crippen molar-refractivity contribution in [2.75, 3.05) is 13.2 Å². The van der Waals surface area contributed by atoms with E-state index in [1.54, 1.807) is 0 Å². The summed E-state index contributed by atoms with van der Waals surface area (Å²) in [5.74, 6) is -0.0182. The Morgan fingerprint density at radius 1 is 1.68 bits per heavy atom. The lowest BCUT2D eigenvalue weighted by atomic mass is 10.0. The molecule has 19 heavy (non-hydrogen) atoms. The van der Waals surface area contributed by atoms with Crippen LogP contribution in [-0.2, 0) is 11.3 Å². The molecule has 1 amide bonds. The topological polar surface area (TPSA) is 110 Å². The number of hydrogen-bond acceptors (Lipinski definition) is 5. The molecule has 0 fully saturated rings. The van der Waals surface area contributed by atoms with E-state index in [0.717, 1.165) is 12.6 Å². The highest BCUT2D eigenvalue weighted by molar-refractivity contribution is 5.75.